The fourth-order valence-electron chi connectivity index (χ4n) is 3.38. The van der Waals surface area contributed by atoms with Gasteiger partial charge < -0.3 is 9.73 Å². The van der Waals surface area contributed by atoms with Crippen LogP contribution in [0.5, 0.6) is 0 Å². The molecule has 3 heterocycles. The predicted molar refractivity (Wildman–Crippen MR) is 121 cm³/mol. The molecule has 0 aliphatic heterocycles. The third-order valence-electron chi connectivity index (χ3n) is 4.87. The summed E-state index contributed by atoms with van der Waals surface area (Å²) >= 11 is 0. The summed E-state index contributed by atoms with van der Waals surface area (Å²) in [5, 5.41) is 8.61. The van der Waals surface area contributed by atoms with E-state index in [1.54, 1.807) is 29.0 Å². The van der Waals surface area contributed by atoms with Gasteiger partial charge in [0.2, 0.25) is 10.0 Å². The number of para-hydroxylation sites is 1. The summed E-state index contributed by atoms with van der Waals surface area (Å²) in [6, 6.07) is 17.0. The van der Waals surface area contributed by atoms with Gasteiger partial charge in [0.05, 0.1) is 23.7 Å². The number of rotatable bonds is 5. The van der Waals surface area contributed by atoms with E-state index in [2.05, 4.69) is 15.1 Å². The van der Waals surface area contributed by atoms with Crippen LogP contribution in [0.1, 0.15) is 5.56 Å². The quantitative estimate of drug-likeness (QED) is 0.421. The van der Waals surface area contributed by atoms with E-state index in [1.165, 1.54) is 0 Å². The number of benzene rings is 2. The Kier molecular flexibility index (Phi) is 4.40. The molecule has 156 valence electrons. The van der Waals surface area contributed by atoms with Crippen LogP contribution in [-0.4, -0.2) is 29.3 Å². The normalized spacial score (nSPS) is 11.8. The van der Waals surface area contributed by atoms with E-state index in [1.807, 2.05) is 49.4 Å². The van der Waals surface area contributed by atoms with Crippen molar-refractivity contribution in [2.75, 3.05) is 16.3 Å². The molecule has 0 atom stereocenters. The number of nitrogens with zero attached hydrogens (tertiary/aromatic N) is 3. The van der Waals surface area contributed by atoms with Crippen LogP contribution in [0.25, 0.3) is 27.9 Å². The standard InChI is InChI=1S/C22H19N5O3S/c1-14-7-8-16(12-18(14)26-31(2,28)29)24-21-9-10-27-22(25-21)17(13-23-27)20-11-15-5-3-4-6-19(15)30-20/h3-13,26H,1-2H3,(H,24,25). The number of aromatic nitrogens is 3. The third-order valence-corrected chi connectivity index (χ3v) is 5.46. The summed E-state index contributed by atoms with van der Waals surface area (Å²) < 4.78 is 33.4. The molecule has 2 aromatic carbocycles. The van der Waals surface area contributed by atoms with Crippen molar-refractivity contribution in [3.63, 3.8) is 0 Å². The van der Waals surface area contributed by atoms with E-state index in [9.17, 15) is 8.42 Å². The van der Waals surface area contributed by atoms with Crippen molar-refractivity contribution in [1.82, 2.24) is 14.6 Å². The highest BCUT2D eigenvalue weighted by Gasteiger charge is 2.14. The largest absolute Gasteiger partial charge is 0.456 e. The molecule has 0 aliphatic rings. The summed E-state index contributed by atoms with van der Waals surface area (Å²) in [6.45, 7) is 1.84. The maximum atomic E-state index is 11.6. The Morgan fingerprint density at radius 2 is 1.90 bits per heavy atom. The highest BCUT2D eigenvalue weighted by molar-refractivity contribution is 7.92. The SMILES string of the molecule is Cc1ccc(Nc2ccn3ncc(-c4cc5ccccc5o4)c3n2)cc1NS(C)(=O)=O. The molecule has 8 nitrogen and oxygen atoms in total. The number of furan rings is 1. The van der Waals surface area contributed by atoms with E-state index in [-0.39, 0.29) is 0 Å². The Balaban J connectivity index is 1.51. The summed E-state index contributed by atoms with van der Waals surface area (Å²) in [5.41, 5.74) is 4.27. The Morgan fingerprint density at radius 3 is 2.71 bits per heavy atom. The average Bonchev–Trinajstić information content (AvgIpc) is 3.32. The molecule has 9 heteroatoms. The lowest BCUT2D eigenvalue weighted by molar-refractivity contribution is 0.606. The van der Waals surface area contributed by atoms with Crippen molar-refractivity contribution < 1.29 is 12.8 Å². The van der Waals surface area contributed by atoms with Gasteiger partial charge in [-0.05, 0) is 42.8 Å². The number of hydrogen-bond donors (Lipinski definition) is 2. The maximum absolute atomic E-state index is 11.6. The Labute approximate surface area is 178 Å². The summed E-state index contributed by atoms with van der Waals surface area (Å²) in [7, 11) is -3.37. The lowest BCUT2D eigenvalue weighted by atomic mass is 10.2. The molecule has 3 aromatic heterocycles. The lowest BCUT2D eigenvalue weighted by Crippen LogP contribution is -2.10. The lowest BCUT2D eigenvalue weighted by Gasteiger charge is -2.11. The molecular formula is C22H19N5O3S. The first kappa shape index (κ1) is 19.1. The van der Waals surface area contributed by atoms with Crippen LogP contribution < -0.4 is 10.0 Å². The van der Waals surface area contributed by atoms with Crippen LogP contribution in [0.3, 0.4) is 0 Å². The molecule has 0 aliphatic carbocycles. The van der Waals surface area contributed by atoms with E-state index in [0.29, 0.717) is 28.6 Å². The van der Waals surface area contributed by atoms with Gasteiger partial charge in [0.15, 0.2) is 5.65 Å². The van der Waals surface area contributed by atoms with Gasteiger partial charge in [0, 0.05) is 17.3 Å². The van der Waals surface area contributed by atoms with Gasteiger partial charge in [0.1, 0.15) is 17.2 Å². The second-order valence-electron chi connectivity index (χ2n) is 7.32. The summed E-state index contributed by atoms with van der Waals surface area (Å²) in [4.78, 5) is 4.69. The smallest absolute Gasteiger partial charge is 0.229 e. The maximum Gasteiger partial charge on any atom is 0.229 e. The van der Waals surface area contributed by atoms with Crippen molar-refractivity contribution in [2.24, 2.45) is 0 Å². The third kappa shape index (κ3) is 3.82. The van der Waals surface area contributed by atoms with Crippen molar-refractivity contribution >= 4 is 43.8 Å². The molecule has 0 fully saturated rings. The molecule has 0 bridgehead atoms. The van der Waals surface area contributed by atoms with Gasteiger partial charge in [-0.15, -0.1) is 0 Å². The van der Waals surface area contributed by atoms with Crippen molar-refractivity contribution in [3.05, 3.63) is 72.6 Å². The second-order valence-corrected chi connectivity index (χ2v) is 9.07. The molecule has 2 N–H and O–H groups in total. The predicted octanol–water partition coefficient (Wildman–Crippen LogP) is 4.57. The van der Waals surface area contributed by atoms with E-state index < -0.39 is 10.0 Å². The number of hydrogen-bond acceptors (Lipinski definition) is 6. The zero-order chi connectivity index (χ0) is 21.6. The van der Waals surface area contributed by atoms with Gasteiger partial charge in [-0.2, -0.15) is 5.10 Å². The summed E-state index contributed by atoms with van der Waals surface area (Å²) in [5.74, 6) is 1.29. The Morgan fingerprint density at radius 1 is 1.06 bits per heavy atom. The molecule has 5 aromatic rings. The minimum absolute atomic E-state index is 0.515. The van der Waals surface area contributed by atoms with E-state index >= 15 is 0 Å². The van der Waals surface area contributed by atoms with Gasteiger partial charge in [-0.3, -0.25) is 4.72 Å². The molecule has 0 amide bonds. The molecule has 0 unspecified atom stereocenters. The first-order valence-corrected chi connectivity index (χ1v) is 11.4. The zero-order valence-electron chi connectivity index (χ0n) is 16.8. The molecule has 5 rings (SSSR count). The number of nitrogens with one attached hydrogen (secondary N) is 2. The first-order chi connectivity index (χ1) is 14.9. The molecule has 0 radical (unpaired) electrons. The molecule has 0 saturated heterocycles. The highest BCUT2D eigenvalue weighted by atomic mass is 32.2. The zero-order valence-corrected chi connectivity index (χ0v) is 17.6. The van der Waals surface area contributed by atoms with E-state index in [4.69, 9.17) is 9.40 Å². The fourth-order valence-corrected chi connectivity index (χ4v) is 4.00. The minimum atomic E-state index is -3.37. The number of sulfonamides is 1. The minimum Gasteiger partial charge on any atom is -0.456 e. The summed E-state index contributed by atoms with van der Waals surface area (Å²) in [6.07, 6.45) is 4.66. The topological polar surface area (TPSA) is 102 Å². The number of aryl methyl sites for hydroxylation is 1. The average molecular weight is 433 g/mol. The Hall–Kier alpha value is -3.85. The van der Waals surface area contributed by atoms with Crippen LogP contribution in [0, 0.1) is 6.92 Å². The van der Waals surface area contributed by atoms with E-state index in [0.717, 1.165) is 28.4 Å². The van der Waals surface area contributed by atoms with Gasteiger partial charge in [-0.1, -0.05) is 24.3 Å². The van der Waals surface area contributed by atoms with Gasteiger partial charge in [0.25, 0.3) is 0 Å². The highest BCUT2D eigenvalue weighted by Crippen LogP contribution is 2.31. The van der Waals surface area contributed by atoms with Gasteiger partial charge in [-0.25, -0.2) is 17.9 Å². The van der Waals surface area contributed by atoms with Crippen molar-refractivity contribution in [2.45, 2.75) is 6.92 Å². The van der Waals surface area contributed by atoms with Crippen molar-refractivity contribution in [1.29, 1.82) is 0 Å². The molecular weight excluding hydrogens is 414 g/mol. The monoisotopic (exact) mass is 433 g/mol. The van der Waals surface area contributed by atoms with Crippen molar-refractivity contribution in [3.8, 4) is 11.3 Å². The van der Waals surface area contributed by atoms with Gasteiger partial charge >= 0.3 is 0 Å². The molecule has 0 saturated carbocycles. The first-order valence-electron chi connectivity index (χ1n) is 9.54. The van der Waals surface area contributed by atoms with Crippen LogP contribution in [-0.2, 0) is 10.0 Å². The molecule has 0 spiro atoms. The Bertz CT molecular complexity index is 1500. The van der Waals surface area contributed by atoms with Crippen LogP contribution in [0.4, 0.5) is 17.2 Å². The second kappa shape index (κ2) is 7.13. The fraction of sp³-hybridized carbons (Fsp3) is 0.0909. The molecule has 31 heavy (non-hydrogen) atoms. The van der Waals surface area contributed by atoms with Crippen LogP contribution in [0.2, 0.25) is 0 Å². The van der Waals surface area contributed by atoms with Crippen LogP contribution >= 0.6 is 0 Å². The number of fused-ring (bicyclic) bond motifs is 2. The number of anilines is 3. The van der Waals surface area contributed by atoms with Crippen LogP contribution in [0.15, 0.2) is 71.4 Å².